The lowest BCUT2D eigenvalue weighted by Gasteiger charge is -2.11. The first-order valence-electron chi connectivity index (χ1n) is 7.32. The van der Waals surface area contributed by atoms with Crippen molar-refractivity contribution in [3.63, 3.8) is 0 Å². The third-order valence-electron chi connectivity index (χ3n) is 3.29. The zero-order chi connectivity index (χ0) is 17.6. The van der Waals surface area contributed by atoms with Crippen molar-refractivity contribution < 1.29 is 17.9 Å². The second-order valence-corrected chi connectivity index (χ2v) is 7.38. The highest BCUT2D eigenvalue weighted by atomic mass is 32.2. The molecule has 5 nitrogen and oxygen atoms in total. The van der Waals surface area contributed by atoms with Gasteiger partial charge >= 0.3 is 5.97 Å². The molecule has 0 radical (unpaired) electrons. The lowest BCUT2D eigenvalue weighted by molar-refractivity contribution is 0.0550. The number of sulfonamides is 1. The first-order valence-corrected chi connectivity index (χ1v) is 8.76. The van der Waals surface area contributed by atoms with Crippen LogP contribution in [0.4, 0.5) is 0 Å². The maximum atomic E-state index is 12.0. The van der Waals surface area contributed by atoms with Crippen LogP contribution in [-0.2, 0) is 14.8 Å². The third kappa shape index (κ3) is 4.53. The molecule has 0 aliphatic carbocycles. The second kappa shape index (κ2) is 7.90. The fraction of sp³-hybridized carbons (Fsp3) is 0.167. The molecule has 0 aliphatic rings. The minimum atomic E-state index is -3.50. The largest absolute Gasteiger partial charge is 0.458 e. The molecule has 0 heterocycles. The van der Waals surface area contributed by atoms with E-state index >= 15 is 0 Å². The van der Waals surface area contributed by atoms with Crippen LogP contribution in [0.3, 0.4) is 0 Å². The van der Waals surface area contributed by atoms with E-state index in [2.05, 4.69) is 0 Å². The van der Waals surface area contributed by atoms with E-state index in [0.29, 0.717) is 5.56 Å². The Morgan fingerprint density at radius 1 is 1.04 bits per heavy atom. The van der Waals surface area contributed by atoms with E-state index in [4.69, 9.17) is 4.74 Å². The molecule has 0 aliphatic heterocycles. The summed E-state index contributed by atoms with van der Waals surface area (Å²) >= 11 is 0. The van der Waals surface area contributed by atoms with Crippen LogP contribution in [0.1, 0.15) is 15.9 Å². The van der Waals surface area contributed by atoms with Gasteiger partial charge < -0.3 is 4.74 Å². The number of esters is 1. The van der Waals surface area contributed by atoms with Crippen molar-refractivity contribution in [2.24, 2.45) is 0 Å². The molecule has 0 amide bonds. The summed E-state index contributed by atoms with van der Waals surface area (Å²) in [5.41, 5.74) is 1.33. The standard InChI is InChI=1S/C18H19NO4S/c1-19(2)24(21,22)17-12-10-16(11-13-17)18(20)23-14-6-9-15-7-4-3-5-8-15/h3-13H,14H2,1-2H3/b9-6+. The normalized spacial score (nSPS) is 11.8. The predicted octanol–water partition coefficient (Wildman–Crippen LogP) is 2.81. The Morgan fingerprint density at radius 2 is 1.67 bits per heavy atom. The summed E-state index contributed by atoms with van der Waals surface area (Å²) in [5.74, 6) is -0.499. The number of hydrogen-bond acceptors (Lipinski definition) is 4. The average Bonchev–Trinajstić information content (AvgIpc) is 2.59. The van der Waals surface area contributed by atoms with Gasteiger partial charge in [-0.05, 0) is 35.9 Å². The van der Waals surface area contributed by atoms with Crippen LogP contribution in [-0.4, -0.2) is 39.4 Å². The molecule has 0 bridgehead atoms. The maximum Gasteiger partial charge on any atom is 0.338 e. The van der Waals surface area contributed by atoms with Crippen LogP contribution in [0, 0.1) is 0 Å². The van der Waals surface area contributed by atoms with E-state index in [1.165, 1.54) is 38.4 Å². The molecule has 2 aromatic carbocycles. The van der Waals surface area contributed by atoms with Gasteiger partial charge in [-0.1, -0.05) is 36.4 Å². The number of carbonyl (C=O) groups is 1. The summed E-state index contributed by atoms with van der Waals surface area (Å²) in [5, 5.41) is 0. The highest BCUT2D eigenvalue weighted by Crippen LogP contribution is 2.14. The van der Waals surface area contributed by atoms with Crippen molar-refractivity contribution in [1.82, 2.24) is 4.31 Å². The SMILES string of the molecule is CN(C)S(=O)(=O)c1ccc(C(=O)OC/C=C/c2ccccc2)cc1. The quantitative estimate of drug-likeness (QED) is 0.755. The zero-order valence-corrected chi connectivity index (χ0v) is 14.4. The van der Waals surface area contributed by atoms with Crippen LogP contribution in [0.2, 0.25) is 0 Å². The molecule has 2 rings (SSSR count). The summed E-state index contributed by atoms with van der Waals surface area (Å²) < 4.78 is 30.2. The van der Waals surface area contributed by atoms with E-state index in [-0.39, 0.29) is 11.5 Å². The molecule has 6 heteroatoms. The lowest BCUT2D eigenvalue weighted by Crippen LogP contribution is -2.22. The van der Waals surface area contributed by atoms with E-state index in [1.54, 1.807) is 6.08 Å². The molecule has 0 saturated carbocycles. The topological polar surface area (TPSA) is 63.7 Å². The maximum absolute atomic E-state index is 12.0. The fourth-order valence-electron chi connectivity index (χ4n) is 1.93. The smallest absolute Gasteiger partial charge is 0.338 e. The lowest BCUT2D eigenvalue weighted by atomic mass is 10.2. The van der Waals surface area contributed by atoms with Gasteiger partial charge in [0, 0.05) is 14.1 Å². The summed E-state index contributed by atoms with van der Waals surface area (Å²) in [7, 11) is -0.591. The molecule has 0 atom stereocenters. The van der Waals surface area contributed by atoms with Gasteiger partial charge in [-0.2, -0.15) is 0 Å². The number of benzene rings is 2. The molecule has 0 aromatic heterocycles. The van der Waals surface area contributed by atoms with E-state index < -0.39 is 16.0 Å². The van der Waals surface area contributed by atoms with Crippen molar-refractivity contribution in [3.8, 4) is 0 Å². The van der Waals surface area contributed by atoms with Crippen molar-refractivity contribution in [2.75, 3.05) is 20.7 Å². The monoisotopic (exact) mass is 345 g/mol. The summed E-state index contributed by atoms with van der Waals surface area (Å²) in [6.45, 7) is 0.144. The number of hydrogen-bond donors (Lipinski definition) is 0. The minimum Gasteiger partial charge on any atom is -0.458 e. The van der Waals surface area contributed by atoms with Crippen LogP contribution in [0.15, 0.2) is 65.6 Å². The molecule has 126 valence electrons. The van der Waals surface area contributed by atoms with Gasteiger partial charge in [-0.15, -0.1) is 0 Å². The zero-order valence-electron chi connectivity index (χ0n) is 13.5. The molecule has 0 fully saturated rings. The molecule has 0 N–H and O–H groups in total. The summed E-state index contributed by atoms with van der Waals surface area (Å²) in [4.78, 5) is 12.1. The number of nitrogens with zero attached hydrogens (tertiary/aromatic N) is 1. The van der Waals surface area contributed by atoms with Crippen molar-refractivity contribution >= 4 is 22.1 Å². The van der Waals surface area contributed by atoms with Crippen LogP contribution >= 0.6 is 0 Å². The van der Waals surface area contributed by atoms with E-state index in [0.717, 1.165) is 9.87 Å². The highest BCUT2D eigenvalue weighted by molar-refractivity contribution is 7.89. The number of ether oxygens (including phenoxy) is 1. The molecule has 0 spiro atoms. The highest BCUT2D eigenvalue weighted by Gasteiger charge is 2.17. The van der Waals surface area contributed by atoms with Crippen molar-refractivity contribution in [3.05, 3.63) is 71.8 Å². The van der Waals surface area contributed by atoms with Crippen molar-refractivity contribution in [2.45, 2.75) is 4.90 Å². The summed E-state index contributed by atoms with van der Waals surface area (Å²) in [6.07, 6.45) is 3.61. The Kier molecular flexibility index (Phi) is 5.89. The Labute approximate surface area is 142 Å². The fourth-order valence-corrected chi connectivity index (χ4v) is 2.83. The molecule has 0 saturated heterocycles. The van der Waals surface area contributed by atoms with Crippen LogP contribution in [0.5, 0.6) is 0 Å². The van der Waals surface area contributed by atoms with E-state index in [9.17, 15) is 13.2 Å². The van der Waals surface area contributed by atoms with Gasteiger partial charge in [-0.25, -0.2) is 17.5 Å². The minimum absolute atomic E-state index is 0.132. The van der Waals surface area contributed by atoms with Gasteiger partial charge in [0.25, 0.3) is 0 Å². The van der Waals surface area contributed by atoms with Gasteiger partial charge in [0.2, 0.25) is 10.0 Å². The first-order chi connectivity index (χ1) is 11.4. The van der Waals surface area contributed by atoms with Gasteiger partial charge in [-0.3, -0.25) is 0 Å². The average molecular weight is 345 g/mol. The molecular weight excluding hydrogens is 326 g/mol. The molecular formula is C18H19NO4S. The Morgan fingerprint density at radius 3 is 2.25 bits per heavy atom. The van der Waals surface area contributed by atoms with Crippen LogP contribution in [0.25, 0.3) is 6.08 Å². The molecule has 0 unspecified atom stereocenters. The summed E-state index contributed by atoms with van der Waals surface area (Å²) in [6, 6.07) is 15.3. The molecule has 2 aromatic rings. The third-order valence-corrected chi connectivity index (χ3v) is 5.12. The Bertz CT molecular complexity index is 810. The second-order valence-electron chi connectivity index (χ2n) is 5.22. The van der Waals surface area contributed by atoms with Gasteiger partial charge in [0.1, 0.15) is 6.61 Å². The van der Waals surface area contributed by atoms with Gasteiger partial charge in [0.05, 0.1) is 10.5 Å². The van der Waals surface area contributed by atoms with Crippen LogP contribution < -0.4 is 0 Å². The number of rotatable bonds is 6. The molecule has 24 heavy (non-hydrogen) atoms. The van der Waals surface area contributed by atoms with E-state index in [1.807, 2.05) is 36.4 Å². The van der Waals surface area contributed by atoms with Crippen molar-refractivity contribution in [1.29, 1.82) is 0 Å². The predicted molar refractivity (Wildman–Crippen MR) is 93.1 cm³/mol. The van der Waals surface area contributed by atoms with Gasteiger partial charge in [0.15, 0.2) is 0 Å². The Balaban J connectivity index is 1.95. The first kappa shape index (κ1) is 17.9. The Hall–Kier alpha value is -2.44. The number of carbonyl (C=O) groups excluding carboxylic acids is 1.